The zero-order valence-corrected chi connectivity index (χ0v) is 36.4. The third kappa shape index (κ3) is 12.7. The molecule has 0 aromatic heterocycles. The lowest BCUT2D eigenvalue weighted by Gasteiger charge is -2.38. The van der Waals surface area contributed by atoms with Gasteiger partial charge in [-0.1, -0.05) is 95.7 Å². The summed E-state index contributed by atoms with van der Waals surface area (Å²) in [4.78, 5) is 60.9. The van der Waals surface area contributed by atoms with E-state index in [-0.39, 0.29) is 36.0 Å². The van der Waals surface area contributed by atoms with Crippen molar-refractivity contribution in [1.82, 2.24) is 20.4 Å². The predicted molar refractivity (Wildman–Crippen MR) is 242 cm³/mol. The highest BCUT2D eigenvalue weighted by atomic mass is 35.5. The monoisotopic (exact) mass is 852 g/mol. The van der Waals surface area contributed by atoms with Gasteiger partial charge in [0.05, 0.1) is 12.8 Å². The van der Waals surface area contributed by atoms with Crippen LogP contribution in [0.15, 0.2) is 97.1 Å². The standard InChI is InChI=1S/C48H58Cl2N6O4/c1-35-7-11-37(12-8-35)33-45(57)55(41-19-15-39(49)16-20-41)43-23-29-53(30-24-43)47(59)51-27-5-3-4-6-28-52-48(60)54-31-25-44(26-32-54)56(42-21-17-40(50)18-22-42)46(58)34-38-13-9-36(2)10-14-38/h7-22,43-44H,3-6,23-34H2,1-2H3,(H,51,59)(H,52,60). The van der Waals surface area contributed by atoms with Gasteiger partial charge in [0.15, 0.2) is 0 Å². The predicted octanol–water partition coefficient (Wildman–Crippen LogP) is 9.37. The van der Waals surface area contributed by atoms with Gasteiger partial charge in [-0.25, -0.2) is 9.59 Å². The Morgan fingerprint density at radius 2 is 0.850 bits per heavy atom. The zero-order chi connectivity index (χ0) is 42.4. The van der Waals surface area contributed by atoms with Gasteiger partial charge in [0.1, 0.15) is 0 Å². The number of carbonyl (C=O) groups excluding carboxylic acids is 4. The fourth-order valence-electron chi connectivity index (χ4n) is 8.12. The minimum Gasteiger partial charge on any atom is -0.338 e. The third-order valence-corrected chi connectivity index (χ3v) is 12.1. The largest absolute Gasteiger partial charge is 0.338 e. The first-order valence-electron chi connectivity index (χ1n) is 21.4. The molecule has 4 aromatic rings. The van der Waals surface area contributed by atoms with E-state index < -0.39 is 0 Å². The number of amides is 6. The fraction of sp³-hybridized carbons (Fsp3) is 0.417. The Hall–Kier alpha value is -5.06. The third-order valence-electron chi connectivity index (χ3n) is 11.6. The Labute approximate surface area is 365 Å². The average molecular weight is 854 g/mol. The van der Waals surface area contributed by atoms with Crippen LogP contribution < -0.4 is 20.4 Å². The van der Waals surface area contributed by atoms with Gasteiger partial charge in [-0.05, 0) is 112 Å². The van der Waals surface area contributed by atoms with Gasteiger partial charge in [0.25, 0.3) is 0 Å². The van der Waals surface area contributed by atoms with E-state index in [1.807, 2.05) is 131 Å². The maximum absolute atomic E-state index is 13.7. The van der Waals surface area contributed by atoms with Crippen molar-refractivity contribution in [3.63, 3.8) is 0 Å². The molecule has 12 heteroatoms. The molecule has 10 nitrogen and oxygen atoms in total. The second-order valence-electron chi connectivity index (χ2n) is 16.1. The molecule has 2 aliphatic heterocycles. The van der Waals surface area contributed by atoms with Crippen molar-refractivity contribution in [3.05, 3.63) is 129 Å². The number of nitrogens with zero attached hydrogens (tertiary/aromatic N) is 4. The normalized spacial score (nSPS) is 14.7. The SMILES string of the molecule is Cc1ccc(CC(=O)N(c2ccc(Cl)cc2)C2CCN(C(=O)NCCCCCCNC(=O)N3CCC(N(C(=O)Cc4ccc(C)cc4)c4ccc(Cl)cc4)CC3)CC2)cc1. The number of urea groups is 2. The topological polar surface area (TPSA) is 105 Å². The quantitative estimate of drug-likeness (QED) is 0.116. The van der Waals surface area contributed by atoms with E-state index in [0.717, 1.165) is 59.3 Å². The lowest BCUT2D eigenvalue weighted by molar-refractivity contribution is -0.119. The van der Waals surface area contributed by atoms with Crippen molar-refractivity contribution >= 4 is 58.5 Å². The summed E-state index contributed by atoms with van der Waals surface area (Å²) in [5.74, 6) is 0.0649. The van der Waals surface area contributed by atoms with E-state index in [1.165, 1.54) is 0 Å². The molecule has 0 radical (unpaired) electrons. The first-order chi connectivity index (χ1) is 29.0. The van der Waals surface area contributed by atoms with Gasteiger partial charge in [-0.2, -0.15) is 0 Å². The molecule has 0 unspecified atom stereocenters. The highest BCUT2D eigenvalue weighted by molar-refractivity contribution is 6.31. The summed E-state index contributed by atoms with van der Waals surface area (Å²) in [5, 5.41) is 7.39. The number of hydrogen-bond donors (Lipinski definition) is 2. The number of carbonyl (C=O) groups is 4. The van der Waals surface area contributed by atoms with Crippen molar-refractivity contribution in [2.24, 2.45) is 0 Å². The number of unbranched alkanes of at least 4 members (excludes halogenated alkanes) is 3. The number of nitrogens with one attached hydrogen (secondary N) is 2. The van der Waals surface area contributed by atoms with Gasteiger partial charge >= 0.3 is 12.1 Å². The molecule has 2 saturated heterocycles. The van der Waals surface area contributed by atoms with Gasteiger partial charge in [-0.15, -0.1) is 0 Å². The first-order valence-corrected chi connectivity index (χ1v) is 22.1. The summed E-state index contributed by atoms with van der Waals surface area (Å²) >= 11 is 12.3. The molecule has 0 atom stereocenters. The van der Waals surface area contributed by atoms with E-state index in [2.05, 4.69) is 10.6 Å². The fourth-order valence-corrected chi connectivity index (χ4v) is 8.38. The Kier molecular flexibility index (Phi) is 16.3. The molecule has 60 heavy (non-hydrogen) atoms. The molecular formula is C48H58Cl2N6O4. The second kappa shape index (κ2) is 22.0. The Balaban J connectivity index is 0.863. The van der Waals surface area contributed by atoms with Crippen LogP contribution in [0.25, 0.3) is 0 Å². The van der Waals surface area contributed by atoms with E-state index in [0.29, 0.717) is 87.8 Å². The zero-order valence-electron chi connectivity index (χ0n) is 34.9. The van der Waals surface area contributed by atoms with Crippen LogP contribution >= 0.6 is 23.2 Å². The minimum absolute atomic E-state index is 0.0173. The van der Waals surface area contributed by atoms with Crippen molar-refractivity contribution < 1.29 is 19.2 Å². The number of rotatable bonds is 15. The maximum atomic E-state index is 13.7. The molecule has 0 aliphatic carbocycles. The second-order valence-corrected chi connectivity index (χ2v) is 17.0. The summed E-state index contributed by atoms with van der Waals surface area (Å²) < 4.78 is 0. The molecular weight excluding hydrogens is 795 g/mol. The molecule has 0 bridgehead atoms. The summed E-state index contributed by atoms with van der Waals surface area (Å²) in [5.41, 5.74) is 5.89. The number of piperidine rings is 2. The first kappa shape index (κ1) is 44.5. The Morgan fingerprint density at radius 1 is 0.517 bits per heavy atom. The van der Waals surface area contributed by atoms with Crippen LogP contribution in [0.3, 0.4) is 0 Å². The van der Waals surface area contributed by atoms with Crippen molar-refractivity contribution in [1.29, 1.82) is 0 Å². The summed E-state index contributed by atoms with van der Waals surface area (Å²) in [6.45, 7) is 7.53. The molecule has 0 saturated carbocycles. The number of benzene rings is 4. The molecule has 6 amide bonds. The number of hydrogen-bond acceptors (Lipinski definition) is 4. The van der Waals surface area contributed by atoms with Crippen LogP contribution in [0, 0.1) is 13.8 Å². The van der Waals surface area contributed by atoms with E-state index in [4.69, 9.17) is 23.2 Å². The smallest absolute Gasteiger partial charge is 0.317 e. The molecule has 6 rings (SSSR count). The van der Waals surface area contributed by atoms with Crippen LogP contribution in [-0.4, -0.2) is 85.0 Å². The van der Waals surface area contributed by atoms with Gasteiger partial charge in [0, 0.05) is 72.8 Å². The summed E-state index contributed by atoms with van der Waals surface area (Å²) in [6, 6.07) is 30.7. The van der Waals surface area contributed by atoms with Gasteiger partial charge < -0.3 is 30.2 Å². The molecule has 2 heterocycles. The minimum atomic E-state index is -0.0690. The van der Waals surface area contributed by atoms with Crippen LogP contribution in [0.2, 0.25) is 10.0 Å². The van der Waals surface area contributed by atoms with Crippen LogP contribution in [0.1, 0.15) is 73.6 Å². The molecule has 4 aromatic carbocycles. The Bertz CT molecular complexity index is 1870. The highest BCUT2D eigenvalue weighted by Gasteiger charge is 2.32. The van der Waals surface area contributed by atoms with Gasteiger partial charge in [0.2, 0.25) is 11.8 Å². The number of anilines is 2. The van der Waals surface area contributed by atoms with E-state index >= 15 is 0 Å². The van der Waals surface area contributed by atoms with Crippen LogP contribution in [-0.2, 0) is 22.4 Å². The lowest BCUT2D eigenvalue weighted by Crippen LogP contribution is -2.51. The number of likely N-dealkylation sites (tertiary alicyclic amines) is 2. The molecule has 2 fully saturated rings. The highest BCUT2D eigenvalue weighted by Crippen LogP contribution is 2.28. The lowest BCUT2D eigenvalue weighted by atomic mass is 10.0. The molecule has 2 aliphatic rings. The summed E-state index contributed by atoms with van der Waals surface area (Å²) in [6.07, 6.45) is 6.97. The molecule has 318 valence electrons. The Morgan fingerprint density at radius 3 is 1.18 bits per heavy atom. The van der Waals surface area contributed by atoms with Gasteiger partial charge in [-0.3, -0.25) is 9.59 Å². The van der Waals surface area contributed by atoms with Crippen LogP contribution in [0.5, 0.6) is 0 Å². The molecule has 2 N–H and O–H groups in total. The maximum Gasteiger partial charge on any atom is 0.317 e. The van der Waals surface area contributed by atoms with Crippen molar-refractivity contribution in [3.8, 4) is 0 Å². The van der Waals surface area contributed by atoms with E-state index in [1.54, 1.807) is 0 Å². The number of aryl methyl sites for hydroxylation is 2. The number of halogens is 2. The molecule has 0 spiro atoms. The van der Waals surface area contributed by atoms with Crippen molar-refractivity contribution in [2.45, 2.75) is 90.1 Å². The average Bonchev–Trinajstić information content (AvgIpc) is 3.25. The van der Waals surface area contributed by atoms with Crippen LogP contribution in [0.4, 0.5) is 21.0 Å². The summed E-state index contributed by atoms with van der Waals surface area (Å²) in [7, 11) is 0. The van der Waals surface area contributed by atoms with Crippen molar-refractivity contribution in [2.75, 3.05) is 49.1 Å². The van der Waals surface area contributed by atoms with E-state index in [9.17, 15) is 19.2 Å².